The van der Waals surface area contributed by atoms with Crippen molar-refractivity contribution in [1.82, 2.24) is 0 Å². The minimum atomic E-state index is -4.19. The number of aryl methyl sites for hydroxylation is 1. The molecule has 1 N–H and O–H groups in total. The van der Waals surface area contributed by atoms with Gasteiger partial charge in [0.15, 0.2) is 0 Å². The molecular weight excluding hydrogens is 235 g/mol. The summed E-state index contributed by atoms with van der Waals surface area (Å²) in [6.45, 7) is 1.71. The molecule has 0 amide bonds. The van der Waals surface area contributed by atoms with Gasteiger partial charge in [0.2, 0.25) is 0 Å². The summed E-state index contributed by atoms with van der Waals surface area (Å²) >= 11 is 5.54. The fourth-order valence-corrected chi connectivity index (χ4v) is 1.87. The van der Waals surface area contributed by atoms with Crippen molar-refractivity contribution in [3.63, 3.8) is 0 Å². The zero-order valence-corrected chi connectivity index (χ0v) is 9.08. The summed E-state index contributed by atoms with van der Waals surface area (Å²) in [6, 6.07) is 4.41. The van der Waals surface area contributed by atoms with Crippen LogP contribution in [0.25, 0.3) is 0 Å². The van der Waals surface area contributed by atoms with Gasteiger partial charge in [0.1, 0.15) is 4.90 Å². The first kappa shape index (κ1) is 12.7. The number of benzene rings is 1. The fourth-order valence-electron chi connectivity index (χ4n) is 0.808. The van der Waals surface area contributed by atoms with E-state index in [2.05, 4.69) is 0 Å². The molecular formula is C7H8Cl2O3S. The van der Waals surface area contributed by atoms with Crippen molar-refractivity contribution in [2.75, 3.05) is 0 Å². The molecule has 3 nitrogen and oxygen atoms in total. The van der Waals surface area contributed by atoms with E-state index < -0.39 is 10.1 Å². The minimum Gasteiger partial charge on any atom is -0.282 e. The normalized spacial score (nSPS) is 10.7. The van der Waals surface area contributed by atoms with Crippen LogP contribution in [-0.4, -0.2) is 13.0 Å². The zero-order chi connectivity index (χ0) is 9.35. The molecule has 1 rings (SSSR count). The van der Waals surface area contributed by atoms with E-state index in [0.29, 0.717) is 0 Å². The largest absolute Gasteiger partial charge is 0.296 e. The summed E-state index contributed by atoms with van der Waals surface area (Å²) in [5, 5.41) is 0.0306. The molecule has 0 atom stereocenters. The summed E-state index contributed by atoms with van der Waals surface area (Å²) in [5.74, 6) is 0. The predicted molar refractivity (Wildman–Crippen MR) is 53.3 cm³/mol. The van der Waals surface area contributed by atoms with E-state index >= 15 is 0 Å². The average Bonchev–Trinajstić information content (AvgIpc) is 1.92. The molecule has 0 aliphatic heterocycles. The van der Waals surface area contributed by atoms with Crippen LogP contribution in [0.15, 0.2) is 23.1 Å². The van der Waals surface area contributed by atoms with Gasteiger partial charge in [-0.3, -0.25) is 4.55 Å². The molecule has 0 aliphatic rings. The standard InChI is InChI=1S/C7H7ClO3S.ClH/c1-5-2-3-6(8)7(4-5)12(9,10)11;/h2-4H,1H3,(H,9,10,11);1H. The third-order valence-electron chi connectivity index (χ3n) is 1.36. The lowest BCUT2D eigenvalue weighted by Gasteiger charge is -2.00. The van der Waals surface area contributed by atoms with Crippen LogP contribution in [0, 0.1) is 6.92 Å². The van der Waals surface area contributed by atoms with E-state index in [0.717, 1.165) is 5.56 Å². The lowest BCUT2D eigenvalue weighted by molar-refractivity contribution is 0.483. The van der Waals surface area contributed by atoms with Gasteiger partial charge < -0.3 is 0 Å². The van der Waals surface area contributed by atoms with Crippen LogP contribution in [0.3, 0.4) is 0 Å². The van der Waals surface area contributed by atoms with Gasteiger partial charge in [-0.1, -0.05) is 17.7 Å². The Labute approximate surface area is 87.9 Å². The molecule has 0 aliphatic carbocycles. The SMILES string of the molecule is Cc1ccc(Cl)c(S(=O)(=O)O)c1.Cl. The maximum atomic E-state index is 10.7. The maximum absolute atomic E-state index is 10.7. The van der Waals surface area contributed by atoms with E-state index in [9.17, 15) is 8.42 Å². The highest BCUT2D eigenvalue weighted by Gasteiger charge is 2.13. The van der Waals surface area contributed by atoms with E-state index in [1.54, 1.807) is 13.0 Å². The first-order valence-electron chi connectivity index (χ1n) is 3.15. The fraction of sp³-hybridized carbons (Fsp3) is 0.143. The molecule has 74 valence electrons. The number of rotatable bonds is 1. The van der Waals surface area contributed by atoms with Crippen molar-refractivity contribution in [3.05, 3.63) is 28.8 Å². The molecule has 0 heterocycles. The van der Waals surface area contributed by atoms with E-state index in [1.165, 1.54) is 12.1 Å². The Morgan fingerprint density at radius 2 is 1.92 bits per heavy atom. The van der Waals surface area contributed by atoms with Crippen molar-refractivity contribution in [2.45, 2.75) is 11.8 Å². The molecule has 1 aromatic carbocycles. The van der Waals surface area contributed by atoms with Gasteiger partial charge in [-0.25, -0.2) is 0 Å². The third kappa shape index (κ3) is 3.15. The molecule has 0 aromatic heterocycles. The smallest absolute Gasteiger partial charge is 0.282 e. The van der Waals surface area contributed by atoms with Gasteiger partial charge in [-0.05, 0) is 24.6 Å². The summed E-state index contributed by atoms with van der Waals surface area (Å²) in [7, 11) is -4.19. The molecule has 0 saturated carbocycles. The molecule has 0 fully saturated rings. The first-order chi connectivity index (χ1) is 5.41. The Morgan fingerprint density at radius 1 is 1.38 bits per heavy atom. The monoisotopic (exact) mass is 242 g/mol. The van der Waals surface area contributed by atoms with Gasteiger partial charge in [-0.2, -0.15) is 8.42 Å². The highest BCUT2D eigenvalue weighted by Crippen LogP contribution is 2.21. The highest BCUT2D eigenvalue weighted by atomic mass is 35.5. The number of halogens is 2. The minimum absolute atomic E-state index is 0. The van der Waals surface area contributed by atoms with Gasteiger partial charge in [0, 0.05) is 0 Å². The van der Waals surface area contributed by atoms with Crippen LogP contribution >= 0.6 is 24.0 Å². The van der Waals surface area contributed by atoms with Crippen molar-refractivity contribution in [3.8, 4) is 0 Å². The Hall–Kier alpha value is -0.290. The third-order valence-corrected chi connectivity index (χ3v) is 2.70. The average molecular weight is 243 g/mol. The molecule has 0 saturated heterocycles. The second kappa shape index (κ2) is 4.28. The van der Waals surface area contributed by atoms with Gasteiger partial charge in [0.25, 0.3) is 10.1 Å². The number of hydrogen-bond donors (Lipinski definition) is 1. The van der Waals surface area contributed by atoms with Crippen LogP contribution in [0.4, 0.5) is 0 Å². The second-order valence-electron chi connectivity index (χ2n) is 2.41. The molecule has 0 radical (unpaired) electrons. The van der Waals surface area contributed by atoms with E-state index in [4.69, 9.17) is 16.2 Å². The molecule has 0 bridgehead atoms. The van der Waals surface area contributed by atoms with Crippen LogP contribution in [0.5, 0.6) is 0 Å². The highest BCUT2D eigenvalue weighted by molar-refractivity contribution is 7.86. The van der Waals surface area contributed by atoms with E-state index in [1.807, 2.05) is 0 Å². The van der Waals surface area contributed by atoms with Crippen LogP contribution in [0.2, 0.25) is 5.02 Å². The van der Waals surface area contributed by atoms with Crippen LogP contribution < -0.4 is 0 Å². The van der Waals surface area contributed by atoms with Crippen LogP contribution in [-0.2, 0) is 10.1 Å². The summed E-state index contributed by atoms with van der Waals surface area (Å²) in [4.78, 5) is -0.246. The Kier molecular flexibility index (Phi) is 4.19. The molecule has 0 unspecified atom stereocenters. The molecule has 1 aromatic rings. The van der Waals surface area contributed by atoms with Gasteiger partial charge >= 0.3 is 0 Å². The second-order valence-corrected chi connectivity index (χ2v) is 4.21. The Morgan fingerprint density at radius 3 is 2.31 bits per heavy atom. The van der Waals surface area contributed by atoms with Crippen molar-refractivity contribution < 1.29 is 13.0 Å². The van der Waals surface area contributed by atoms with Crippen molar-refractivity contribution in [2.24, 2.45) is 0 Å². The first-order valence-corrected chi connectivity index (χ1v) is 4.97. The molecule has 13 heavy (non-hydrogen) atoms. The Balaban J connectivity index is 0.00000144. The topological polar surface area (TPSA) is 54.4 Å². The summed E-state index contributed by atoms with van der Waals surface area (Å²) in [6.07, 6.45) is 0. The molecule has 0 spiro atoms. The predicted octanol–water partition coefficient (Wildman–Crippen LogP) is 2.32. The molecule has 6 heteroatoms. The Bertz CT molecular complexity index is 400. The maximum Gasteiger partial charge on any atom is 0.296 e. The van der Waals surface area contributed by atoms with Crippen molar-refractivity contribution in [1.29, 1.82) is 0 Å². The zero-order valence-electron chi connectivity index (χ0n) is 6.69. The quantitative estimate of drug-likeness (QED) is 0.770. The van der Waals surface area contributed by atoms with Gasteiger partial charge in [-0.15, -0.1) is 12.4 Å². The van der Waals surface area contributed by atoms with Crippen molar-refractivity contribution >= 4 is 34.1 Å². The number of hydrogen-bond acceptors (Lipinski definition) is 2. The summed E-state index contributed by atoms with van der Waals surface area (Å²) < 4.78 is 30.0. The van der Waals surface area contributed by atoms with Crippen LogP contribution in [0.1, 0.15) is 5.56 Å². The lowest BCUT2D eigenvalue weighted by atomic mass is 10.2. The lowest BCUT2D eigenvalue weighted by Crippen LogP contribution is -1.99. The van der Waals surface area contributed by atoms with Gasteiger partial charge in [0.05, 0.1) is 5.02 Å². The van der Waals surface area contributed by atoms with E-state index in [-0.39, 0.29) is 22.3 Å². The summed E-state index contributed by atoms with van der Waals surface area (Å²) in [5.41, 5.74) is 0.729.